The molecule has 1 saturated heterocycles. The van der Waals surface area contributed by atoms with Gasteiger partial charge >= 0.3 is 5.97 Å². The first-order valence-electron chi connectivity index (χ1n) is 5.66. The molecule has 1 fully saturated rings. The van der Waals surface area contributed by atoms with Crippen LogP contribution < -0.4 is 5.73 Å². The Hall–Kier alpha value is -1.10. The molecule has 0 spiro atoms. The van der Waals surface area contributed by atoms with E-state index in [1.54, 1.807) is 11.8 Å². The number of carbonyl (C=O) groups excluding carboxylic acids is 1. The molecular formula is C11H20N2O3. The molecule has 5 nitrogen and oxygen atoms in total. The lowest BCUT2D eigenvalue weighted by atomic mass is 9.86. The number of amides is 1. The highest BCUT2D eigenvalue weighted by Gasteiger charge is 2.37. The van der Waals surface area contributed by atoms with Crippen LogP contribution in [0.25, 0.3) is 0 Å². The first kappa shape index (κ1) is 13.0. The third-order valence-corrected chi connectivity index (χ3v) is 3.28. The molecule has 0 aliphatic carbocycles. The van der Waals surface area contributed by atoms with Crippen molar-refractivity contribution in [2.24, 2.45) is 23.5 Å². The van der Waals surface area contributed by atoms with Gasteiger partial charge in [0.2, 0.25) is 5.91 Å². The molecular weight excluding hydrogens is 208 g/mol. The van der Waals surface area contributed by atoms with E-state index >= 15 is 0 Å². The summed E-state index contributed by atoms with van der Waals surface area (Å²) in [6.45, 7) is 5.29. The van der Waals surface area contributed by atoms with E-state index < -0.39 is 5.97 Å². The zero-order valence-electron chi connectivity index (χ0n) is 9.85. The Morgan fingerprint density at radius 3 is 2.44 bits per heavy atom. The van der Waals surface area contributed by atoms with Crippen LogP contribution in [0.3, 0.4) is 0 Å². The standard InChI is InChI=1S/C11H20N2O3/c1-7(4-12)3-10(14)13-5-9(6-13)8(2)11(15)16/h7-9H,3-6,12H2,1-2H3,(H,15,16). The lowest BCUT2D eigenvalue weighted by Crippen LogP contribution is -2.53. The SMILES string of the molecule is CC(CN)CC(=O)N1CC(C(C)C(=O)O)C1. The molecule has 0 aromatic carbocycles. The number of likely N-dealkylation sites (tertiary alicyclic amines) is 1. The van der Waals surface area contributed by atoms with E-state index in [4.69, 9.17) is 10.8 Å². The fourth-order valence-electron chi connectivity index (χ4n) is 1.74. The predicted molar refractivity (Wildman–Crippen MR) is 59.7 cm³/mol. The number of carboxylic acid groups (broad SMARTS) is 1. The minimum atomic E-state index is -0.785. The molecule has 16 heavy (non-hydrogen) atoms. The molecule has 1 aliphatic heterocycles. The predicted octanol–water partition coefficient (Wildman–Crippen LogP) is 0.150. The monoisotopic (exact) mass is 228 g/mol. The van der Waals surface area contributed by atoms with Gasteiger partial charge in [0.1, 0.15) is 0 Å². The minimum Gasteiger partial charge on any atom is -0.481 e. The van der Waals surface area contributed by atoms with Gasteiger partial charge in [-0.25, -0.2) is 0 Å². The number of nitrogens with zero attached hydrogens (tertiary/aromatic N) is 1. The van der Waals surface area contributed by atoms with Crippen LogP contribution in [-0.4, -0.2) is 41.5 Å². The van der Waals surface area contributed by atoms with Crippen molar-refractivity contribution in [2.45, 2.75) is 20.3 Å². The molecule has 0 bridgehead atoms. The van der Waals surface area contributed by atoms with Crippen LogP contribution in [0.1, 0.15) is 20.3 Å². The second kappa shape index (κ2) is 5.30. The van der Waals surface area contributed by atoms with E-state index in [0.717, 1.165) is 0 Å². The second-order valence-corrected chi connectivity index (χ2v) is 4.73. The lowest BCUT2D eigenvalue weighted by Gasteiger charge is -2.41. The van der Waals surface area contributed by atoms with Crippen LogP contribution in [0.4, 0.5) is 0 Å². The number of carboxylic acids is 1. The topological polar surface area (TPSA) is 83.6 Å². The van der Waals surface area contributed by atoms with Crippen molar-refractivity contribution in [3.05, 3.63) is 0 Å². The number of hydrogen-bond donors (Lipinski definition) is 2. The summed E-state index contributed by atoms with van der Waals surface area (Å²) in [5.41, 5.74) is 5.45. The Morgan fingerprint density at radius 2 is 2.00 bits per heavy atom. The van der Waals surface area contributed by atoms with E-state index in [1.165, 1.54) is 0 Å². The summed E-state index contributed by atoms with van der Waals surface area (Å²) in [5, 5.41) is 8.81. The average Bonchev–Trinajstić information content (AvgIpc) is 2.14. The minimum absolute atomic E-state index is 0.0896. The summed E-state index contributed by atoms with van der Waals surface area (Å²) in [5.74, 6) is -0.756. The van der Waals surface area contributed by atoms with Gasteiger partial charge in [-0.05, 0) is 12.5 Å². The van der Waals surface area contributed by atoms with Crippen molar-refractivity contribution in [3.8, 4) is 0 Å². The maximum absolute atomic E-state index is 11.7. The van der Waals surface area contributed by atoms with Crippen LogP contribution in [0.5, 0.6) is 0 Å². The zero-order chi connectivity index (χ0) is 12.3. The highest BCUT2D eigenvalue weighted by molar-refractivity contribution is 5.78. The van der Waals surface area contributed by atoms with E-state index in [2.05, 4.69) is 0 Å². The maximum atomic E-state index is 11.7. The van der Waals surface area contributed by atoms with E-state index in [-0.39, 0.29) is 23.7 Å². The molecule has 3 N–H and O–H groups in total. The molecule has 1 rings (SSSR count). The Balaban J connectivity index is 2.30. The number of hydrogen-bond acceptors (Lipinski definition) is 3. The second-order valence-electron chi connectivity index (χ2n) is 4.73. The van der Waals surface area contributed by atoms with Crippen LogP contribution in [0.2, 0.25) is 0 Å². The van der Waals surface area contributed by atoms with Gasteiger partial charge in [-0.3, -0.25) is 9.59 Å². The molecule has 1 amide bonds. The Labute approximate surface area is 95.6 Å². The highest BCUT2D eigenvalue weighted by atomic mass is 16.4. The molecule has 0 aromatic heterocycles. The fourth-order valence-corrected chi connectivity index (χ4v) is 1.74. The number of rotatable bonds is 5. The summed E-state index contributed by atoms with van der Waals surface area (Å²) in [7, 11) is 0. The number of carbonyl (C=O) groups is 2. The summed E-state index contributed by atoms with van der Waals surface area (Å²) < 4.78 is 0. The molecule has 5 heteroatoms. The summed E-state index contributed by atoms with van der Waals surface area (Å²) in [6, 6.07) is 0. The van der Waals surface area contributed by atoms with E-state index in [1.807, 2.05) is 6.92 Å². The largest absolute Gasteiger partial charge is 0.481 e. The smallest absolute Gasteiger partial charge is 0.306 e. The normalized spacial score (nSPS) is 20.1. The molecule has 92 valence electrons. The van der Waals surface area contributed by atoms with Crippen LogP contribution in [-0.2, 0) is 9.59 Å². The van der Waals surface area contributed by atoms with Crippen LogP contribution in [0, 0.1) is 17.8 Å². The van der Waals surface area contributed by atoms with Gasteiger partial charge in [-0.2, -0.15) is 0 Å². The molecule has 1 heterocycles. The van der Waals surface area contributed by atoms with Gasteiger partial charge in [-0.1, -0.05) is 13.8 Å². The Kier molecular flexibility index (Phi) is 4.29. The number of nitrogens with two attached hydrogens (primary N) is 1. The van der Waals surface area contributed by atoms with E-state index in [9.17, 15) is 9.59 Å². The lowest BCUT2D eigenvalue weighted by molar-refractivity contribution is -0.150. The maximum Gasteiger partial charge on any atom is 0.306 e. The van der Waals surface area contributed by atoms with Gasteiger partial charge in [0.25, 0.3) is 0 Å². The molecule has 0 saturated carbocycles. The van der Waals surface area contributed by atoms with Crippen molar-refractivity contribution < 1.29 is 14.7 Å². The number of aliphatic carboxylic acids is 1. The van der Waals surface area contributed by atoms with Gasteiger partial charge in [0.15, 0.2) is 0 Å². The van der Waals surface area contributed by atoms with Crippen LogP contribution in [0.15, 0.2) is 0 Å². The van der Waals surface area contributed by atoms with Gasteiger partial charge in [0, 0.05) is 25.4 Å². The third kappa shape index (κ3) is 2.95. The van der Waals surface area contributed by atoms with Crippen molar-refractivity contribution in [1.82, 2.24) is 4.90 Å². The van der Waals surface area contributed by atoms with Crippen molar-refractivity contribution >= 4 is 11.9 Å². The van der Waals surface area contributed by atoms with Gasteiger partial charge < -0.3 is 15.7 Å². The van der Waals surface area contributed by atoms with Crippen molar-refractivity contribution in [2.75, 3.05) is 19.6 Å². The van der Waals surface area contributed by atoms with E-state index in [0.29, 0.717) is 26.1 Å². The Bertz CT molecular complexity index is 274. The summed E-state index contributed by atoms with van der Waals surface area (Å²) >= 11 is 0. The summed E-state index contributed by atoms with van der Waals surface area (Å²) in [6.07, 6.45) is 0.463. The molecule has 0 aromatic rings. The third-order valence-electron chi connectivity index (χ3n) is 3.28. The Morgan fingerprint density at radius 1 is 1.44 bits per heavy atom. The quantitative estimate of drug-likeness (QED) is 0.701. The first-order chi connectivity index (χ1) is 7.45. The van der Waals surface area contributed by atoms with Crippen molar-refractivity contribution in [3.63, 3.8) is 0 Å². The highest BCUT2D eigenvalue weighted by Crippen LogP contribution is 2.25. The van der Waals surface area contributed by atoms with Crippen molar-refractivity contribution in [1.29, 1.82) is 0 Å². The molecule has 0 radical (unpaired) electrons. The first-order valence-corrected chi connectivity index (χ1v) is 5.66. The van der Waals surface area contributed by atoms with Gasteiger partial charge in [-0.15, -0.1) is 0 Å². The van der Waals surface area contributed by atoms with Gasteiger partial charge in [0.05, 0.1) is 5.92 Å². The fraction of sp³-hybridized carbons (Fsp3) is 0.818. The molecule has 2 atom stereocenters. The zero-order valence-corrected chi connectivity index (χ0v) is 9.85. The average molecular weight is 228 g/mol. The molecule has 1 aliphatic rings. The summed E-state index contributed by atoms with van der Waals surface area (Å²) in [4.78, 5) is 24.1. The van der Waals surface area contributed by atoms with Crippen LogP contribution >= 0.6 is 0 Å². The molecule has 2 unspecified atom stereocenters.